The third-order valence-electron chi connectivity index (χ3n) is 5.74. The SMILES string of the molecule is Cc1noc([C@@H]2CN(C(=O)C3CCC3)CC23CCOCC3)n1. The number of rotatable bonds is 2. The molecular weight excluding hydrogens is 282 g/mol. The van der Waals surface area contributed by atoms with Crippen LogP contribution < -0.4 is 0 Å². The molecular formula is C16H23N3O3. The molecule has 0 aromatic carbocycles. The van der Waals surface area contributed by atoms with Crippen molar-refractivity contribution in [3.05, 3.63) is 11.7 Å². The highest BCUT2D eigenvalue weighted by atomic mass is 16.5. The molecule has 6 nitrogen and oxygen atoms in total. The maximum Gasteiger partial charge on any atom is 0.232 e. The lowest BCUT2D eigenvalue weighted by Gasteiger charge is -2.36. The highest BCUT2D eigenvalue weighted by Crippen LogP contribution is 2.49. The summed E-state index contributed by atoms with van der Waals surface area (Å²) in [5, 5.41) is 3.95. The van der Waals surface area contributed by atoms with Gasteiger partial charge in [0.2, 0.25) is 11.8 Å². The topological polar surface area (TPSA) is 68.5 Å². The van der Waals surface area contributed by atoms with Gasteiger partial charge in [0.05, 0.1) is 5.92 Å². The van der Waals surface area contributed by atoms with Crippen molar-refractivity contribution in [3.63, 3.8) is 0 Å². The number of amides is 1. The molecule has 1 spiro atoms. The number of likely N-dealkylation sites (tertiary alicyclic amines) is 1. The lowest BCUT2D eigenvalue weighted by molar-refractivity contribution is -0.137. The Morgan fingerprint density at radius 1 is 1.32 bits per heavy atom. The van der Waals surface area contributed by atoms with Crippen LogP contribution in [0.15, 0.2) is 4.52 Å². The van der Waals surface area contributed by atoms with E-state index in [1.165, 1.54) is 6.42 Å². The van der Waals surface area contributed by atoms with E-state index in [0.29, 0.717) is 17.6 Å². The number of ether oxygens (including phenoxy) is 1. The van der Waals surface area contributed by atoms with E-state index in [2.05, 4.69) is 15.0 Å². The summed E-state index contributed by atoms with van der Waals surface area (Å²) >= 11 is 0. The first-order chi connectivity index (χ1) is 10.7. The molecule has 1 aromatic rings. The van der Waals surface area contributed by atoms with Gasteiger partial charge < -0.3 is 14.2 Å². The third-order valence-corrected chi connectivity index (χ3v) is 5.74. The second kappa shape index (κ2) is 5.33. The van der Waals surface area contributed by atoms with Gasteiger partial charge in [-0.3, -0.25) is 4.79 Å². The minimum Gasteiger partial charge on any atom is -0.381 e. The number of carbonyl (C=O) groups is 1. The van der Waals surface area contributed by atoms with Crippen LogP contribution in [0.25, 0.3) is 0 Å². The van der Waals surface area contributed by atoms with Crippen LogP contribution in [-0.4, -0.2) is 47.3 Å². The molecule has 0 radical (unpaired) electrons. The molecule has 1 amide bonds. The van der Waals surface area contributed by atoms with Gasteiger partial charge in [0.25, 0.3) is 0 Å². The van der Waals surface area contributed by atoms with E-state index in [-0.39, 0.29) is 17.3 Å². The van der Waals surface area contributed by atoms with Crippen molar-refractivity contribution in [3.8, 4) is 0 Å². The molecule has 22 heavy (non-hydrogen) atoms. The lowest BCUT2D eigenvalue weighted by atomic mass is 9.72. The number of aromatic nitrogens is 2. The summed E-state index contributed by atoms with van der Waals surface area (Å²) in [6, 6.07) is 0. The summed E-state index contributed by atoms with van der Waals surface area (Å²) in [6.07, 6.45) is 5.22. The molecule has 1 aliphatic carbocycles. The molecule has 1 saturated carbocycles. The fourth-order valence-electron chi connectivity index (χ4n) is 4.13. The monoisotopic (exact) mass is 305 g/mol. The van der Waals surface area contributed by atoms with E-state index in [0.717, 1.165) is 52.0 Å². The molecule has 2 aliphatic heterocycles. The number of aryl methyl sites for hydroxylation is 1. The summed E-state index contributed by atoms with van der Waals surface area (Å²) in [7, 11) is 0. The van der Waals surface area contributed by atoms with Gasteiger partial charge in [0, 0.05) is 37.6 Å². The number of nitrogens with zero attached hydrogens (tertiary/aromatic N) is 3. The average molecular weight is 305 g/mol. The normalized spacial score (nSPS) is 28.0. The maximum absolute atomic E-state index is 12.7. The smallest absolute Gasteiger partial charge is 0.232 e. The first-order valence-corrected chi connectivity index (χ1v) is 8.35. The number of hydrogen-bond acceptors (Lipinski definition) is 5. The van der Waals surface area contributed by atoms with E-state index >= 15 is 0 Å². The number of hydrogen-bond donors (Lipinski definition) is 0. The van der Waals surface area contributed by atoms with Crippen LogP contribution in [0.4, 0.5) is 0 Å². The van der Waals surface area contributed by atoms with Gasteiger partial charge in [-0.05, 0) is 32.6 Å². The summed E-state index contributed by atoms with van der Waals surface area (Å²) in [4.78, 5) is 19.2. The van der Waals surface area contributed by atoms with Crippen molar-refractivity contribution in [1.29, 1.82) is 0 Å². The van der Waals surface area contributed by atoms with Crippen molar-refractivity contribution >= 4 is 5.91 Å². The van der Waals surface area contributed by atoms with Gasteiger partial charge in [-0.1, -0.05) is 11.6 Å². The Labute approximate surface area is 130 Å². The van der Waals surface area contributed by atoms with E-state index in [4.69, 9.17) is 9.26 Å². The zero-order valence-corrected chi connectivity index (χ0v) is 13.1. The van der Waals surface area contributed by atoms with Crippen LogP contribution in [0.5, 0.6) is 0 Å². The van der Waals surface area contributed by atoms with Gasteiger partial charge in [0.15, 0.2) is 5.82 Å². The van der Waals surface area contributed by atoms with Crippen LogP contribution >= 0.6 is 0 Å². The molecule has 3 fully saturated rings. The van der Waals surface area contributed by atoms with Crippen molar-refractivity contribution in [2.75, 3.05) is 26.3 Å². The van der Waals surface area contributed by atoms with Crippen LogP contribution in [0.2, 0.25) is 0 Å². The largest absolute Gasteiger partial charge is 0.381 e. The Balaban J connectivity index is 1.60. The van der Waals surface area contributed by atoms with E-state index in [1.54, 1.807) is 0 Å². The molecule has 3 heterocycles. The molecule has 0 N–H and O–H groups in total. The highest BCUT2D eigenvalue weighted by Gasteiger charge is 2.52. The molecule has 6 heteroatoms. The molecule has 0 unspecified atom stereocenters. The Kier molecular flexibility index (Phi) is 3.44. The third kappa shape index (κ3) is 2.24. The molecule has 2 saturated heterocycles. The standard InChI is InChI=1S/C16H23N3O3/c1-11-17-14(22-18-11)13-9-19(15(20)12-3-2-4-12)10-16(13)5-7-21-8-6-16/h12-13H,2-10H2,1H3/t13-/m0/s1. The van der Waals surface area contributed by atoms with Crippen molar-refractivity contribution in [2.24, 2.45) is 11.3 Å². The molecule has 1 aromatic heterocycles. The summed E-state index contributed by atoms with van der Waals surface area (Å²) < 4.78 is 11.0. The second-order valence-corrected chi connectivity index (χ2v) is 7.05. The Morgan fingerprint density at radius 3 is 2.68 bits per heavy atom. The molecule has 0 bridgehead atoms. The quantitative estimate of drug-likeness (QED) is 0.834. The van der Waals surface area contributed by atoms with E-state index < -0.39 is 0 Å². The Morgan fingerprint density at radius 2 is 2.09 bits per heavy atom. The number of carbonyl (C=O) groups excluding carboxylic acids is 1. The van der Waals surface area contributed by atoms with Gasteiger partial charge in [-0.25, -0.2) is 0 Å². The molecule has 120 valence electrons. The Hall–Kier alpha value is -1.43. The van der Waals surface area contributed by atoms with Crippen molar-refractivity contribution < 1.29 is 14.1 Å². The minimum atomic E-state index is 0.0522. The fraction of sp³-hybridized carbons (Fsp3) is 0.812. The zero-order valence-electron chi connectivity index (χ0n) is 13.1. The van der Waals surface area contributed by atoms with E-state index in [9.17, 15) is 4.79 Å². The predicted octanol–water partition coefficient (Wildman–Crippen LogP) is 1.90. The van der Waals surface area contributed by atoms with Crippen LogP contribution in [-0.2, 0) is 9.53 Å². The fourth-order valence-corrected chi connectivity index (χ4v) is 4.13. The molecule has 4 rings (SSSR count). The lowest BCUT2D eigenvalue weighted by Crippen LogP contribution is -2.40. The molecule has 3 aliphatic rings. The predicted molar refractivity (Wildman–Crippen MR) is 78.2 cm³/mol. The van der Waals surface area contributed by atoms with Gasteiger partial charge in [0.1, 0.15) is 0 Å². The average Bonchev–Trinajstić information content (AvgIpc) is 3.02. The van der Waals surface area contributed by atoms with Crippen LogP contribution in [0, 0.1) is 18.3 Å². The highest BCUT2D eigenvalue weighted by molar-refractivity contribution is 5.80. The van der Waals surface area contributed by atoms with Gasteiger partial charge >= 0.3 is 0 Å². The Bertz CT molecular complexity index is 561. The summed E-state index contributed by atoms with van der Waals surface area (Å²) in [5.41, 5.74) is 0.0522. The summed E-state index contributed by atoms with van der Waals surface area (Å²) in [5.74, 6) is 2.10. The second-order valence-electron chi connectivity index (χ2n) is 7.05. The maximum atomic E-state index is 12.7. The van der Waals surface area contributed by atoms with Crippen LogP contribution in [0.3, 0.4) is 0 Å². The first kappa shape index (κ1) is 14.2. The van der Waals surface area contributed by atoms with Gasteiger partial charge in [-0.15, -0.1) is 0 Å². The minimum absolute atomic E-state index is 0.0522. The van der Waals surface area contributed by atoms with Gasteiger partial charge in [-0.2, -0.15) is 4.98 Å². The summed E-state index contributed by atoms with van der Waals surface area (Å²) in [6.45, 7) is 4.90. The van der Waals surface area contributed by atoms with Crippen molar-refractivity contribution in [1.82, 2.24) is 15.0 Å². The first-order valence-electron chi connectivity index (χ1n) is 8.35. The van der Waals surface area contributed by atoms with E-state index in [1.807, 2.05) is 6.92 Å². The zero-order chi connectivity index (χ0) is 15.2. The van der Waals surface area contributed by atoms with Crippen molar-refractivity contribution in [2.45, 2.75) is 44.9 Å². The van der Waals surface area contributed by atoms with Crippen LogP contribution in [0.1, 0.15) is 49.7 Å². The molecule has 1 atom stereocenters.